The fraction of sp³-hybridized carbons (Fsp3) is 0.278. The molecule has 3 aromatic rings. The van der Waals surface area contributed by atoms with Crippen LogP contribution in [0.3, 0.4) is 0 Å². The molecular weight excluding hydrogens is 300 g/mol. The minimum absolute atomic E-state index is 0.120. The molecule has 124 valence electrons. The maximum atomic E-state index is 4.48. The first-order chi connectivity index (χ1) is 11.6. The monoisotopic (exact) mass is 322 g/mol. The topological polar surface area (TPSA) is 58.9 Å². The van der Waals surface area contributed by atoms with E-state index in [-0.39, 0.29) is 6.04 Å². The second-order valence-corrected chi connectivity index (χ2v) is 5.95. The molecule has 1 N–H and O–H groups in total. The van der Waals surface area contributed by atoms with Crippen molar-refractivity contribution in [1.82, 2.24) is 19.7 Å². The molecule has 0 aliphatic rings. The number of pyridine rings is 2. The predicted molar refractivity (Wildman–Crippen MR) is 96.7 cm³/mol. The molecule has 0 aromatic carbocycles. The summed E-state index contributed by atoms with van der Waals surface area (Å²) in [4.78, 5) is 10.8. The van der Waals surface area contributed by atoms with Gasteiger partial charge in [-0.3, -0.25) is 0 Å². The minimum atomic E-state index is 0.120. The van der Waals surface area contributed by atoms with Gasteiger partial charge in [0.15, 0.2) is 5.82 Å². The summed E-state index contributed by atoms with van der Waals surface area (Å²) in [6.45, 7) is 4.18. The van der Waals surface area contributed by atoms with Crippen LogP contribution in [0.1, 0.15) is 24.2 Å². The largest absolute Gasteiger partial charge is 0.377 e. The van der Waals surface area contributed by atoms with Crippen LogP contribution in [0, 0.1) is 6.92 Å². The average Bonchev–Trinajstić information content (AvgIpc) is 2.98. The average molecular weight is 322 g/mol. The quantitative estimate of drug-likeness (QED) is 0.781. The zero-order valence-corrected chi connectivity index (χ0v) is 14.4. The number of aromatic nitrogens is 4. The van der Waals surface area contributed by atoms with Gasteiger partial charge in [0.1, 0.15) is 5.82 Å². The fourth-order valence-electron chi connectivity index (χ4n) is 2.62. The van der Waals surface area contributed by atoms with E-state index >= 15 is 0 Å². The van der Waals surface area contributed by atoms with Gasteiger partial charge in [-0.25, -0.2) is 14.6 Å². The van der Waals surface area contributed by atoms with E-state index in [1.165, 1.54) is 0 Å². The van der Waals surface area contributed by atoms with Crippen LogP contribution in [0.4, 0.5) is 11.5 Å². The molecule has 0 spiro atoms. The first kappa shape index (κ1) is 16.0. The molecule has 0 aliphatic heterocycles. The van der Waals surface area contributed by atoms with Crippen LogP contribution in [-0.2, 0) is 0 Å². The number of hydrogen-bond donors (Lipinski definition) is 1. The molecular formula is C18H22N6. The second-order valence-electron chi connectivity index (χ2n) is 5.95. The molecule has 0 saturated carbocycles. The summed E-state index contributed by atoms with van der Waals surface area (Å²) in [5, 5.41) is 7.95. The Morgan fingerprint density at radius 2 is 1.92 bits per heavy atom. The molecule has 0 bridgehead atoms. The van der Waals surface area contributed by atoms with Crippen molar-refractivity contribution >= 4 is 11.5 Å². The summed E-state index contributed by atoms with van der Waals surface area (Å²) in [7, 11) is 3.96. The molecule has 3 aromatic heterocycles. The van der Waals surface area contributed by atoms with Gasteiger partial charge in [0, 0.05) is 31.5 Å². The highest BCUT2D eigenvalue weighted by atomic mass is 15.3. The summed E-state index contributed by atoms with van der Waals surface area (Å²) in [5.74, 6) is 1.76. The highest BCUT2D eigenvalue weighted by Crippen LogP contribution is 2.23. The Hall–Kier alpha value is -2.89. The number of nitrogens with one attached hydrogen (secondary N) is 1. The Labute approximate surface area is 142 Å². The first-order valence-electron chi connectivity index (χ1n) is 7.92. The van der Waals surface area contributed by atoms with Crippen molar-refractivity contribution in [3.05, 3.63) is 60.2 Å². The van der Waals surface area contributed by atoms with E-state index in [0.717, 1.165) is 28.6 Å². The van der Waals surface area contributed by atoms with Crippen LogP contribution in [0.5, 0.6) is 0 Å². The Morgan fingerprint density at radius 3 is 2.54 bits per heavy atom. The molecule has 0 aliphatic carbocycles. The van der Waals surface area contributed by atoms with Crippen molar-refractivity contribution < 1.29 is 0 Å². The van der Waals surface area contributed by atoms with Crippen molar-refractivity contribution in [2.45, 2.75) is 19.9 Å². The van der Waals surface area contributed by atoms with Crippen LogP contribution in [0.25, 0.3) is 5.82 Å². The minimum Gasteiger partial charge on any atom is -0.377 e. The van der Waals surface area contributed by atoms with E-state index in [1.807, 2.05) is 66.4 Å². The molecule has 0 radical (unpaired) electrons. The van der Waals surface area contributed by atoms with E-state index in [4.69, 9.17) is 0 Å². The Bertz CT molecular complexity index is 792. The molecule has 1 atom stereocenters. The van der Waals surface area contributed by atoms with Gasteiger partial charge in [0.25, 0.3) is 0 Å². The first-order valence-corrected chi connectivity index (χ1v) is 7.92. The molecule has 0 amide bonds. The maximum absolute atomic E-state index is 4.48. The van der Waals surface area contributed by atoms with Gasteiger partial charge in [-0.1, -0.05) is 6.07 Å². The molecule has 3 rings (SSSR count). The SMILES string of the molecule is Cc1c([C@@H](C)Nc2ccc(N(C)C)nc2)cnn1-c1ccccn1. The van der Waals surface area contributed by atoms with E-state index in [0.29, 0.717) is 0 Å². The second kappa shape index (κ2) is 6.70. The van der Waals surface area contributed by atoms with Crippen LogP contribution >= 0.6 is 0 Å². The number of rotatable bonds is 5. The van der Waals surface area contributed by atoms with Gasteiger partial charge in [-0.2, -0.15) is 5.10 Å². The smallest absolute Gasteiger partial charge is 0.153 e. The van der Waals surface area contributed by atoms with Crippen molar-refractivity contribution in [2.24, 2.45) is 0 Å². The van der Waals surface area contributed by atoms with Gasteiger partial charge in [0.2, 0.25) is 0 Å². The van der Waals surface area contributed by atoms with Gasteiger partial charge in [-0.15, -0.1) is 0 Å². The number of hydrogen-bond acceptors (Lipinski definition) is 5. The van der Waals surface area contributed by atoms with Crippen molar-refractivity contribution in [1.29, 1.82) is 0 Å². The molecule has 6 heteroatoms. The van der Waals surface area contributed by atoms with Gasteiger partial charge in [0.05, 0.1) is 24.1 Å². The van der Waals surface area contributed by atoms with Crippen molar-refractivity contribution in [3.8, 4) is 5.82 Å². The van der Waals surface area contributed by atoms with E-state index in [9.17, 15) is 0 Å². The maximum Gasteiger partial charge on any atom is 0.153 e. The van der Waals surface area contributed by atoms with Gasteiger partial charge in [-0.05, 0) is 38.1 Å². The molecule has 0 unspecified atom stereocenters. The summed E-state index contributed by atoms with van der Waals surface area (Å²) in [6, 6.07) is 9.97. The molecule has 3 heterocycles. The van der Waals surface area contributed by atoms with E-state index < -0.39 is 0 Å². The Balaban J connectivity index is 1.78. The zero-order chi connectivity index (χ0) is 17.1. The zero-order valence-electron chi connectivity index (χ0n) is 14.4. The number of nitrogens with zero attached hydrogens (tertiary/aromatic N) is 5. The third-order valence-electron chi connectivity index (χ3n) is 3.97. The molecule has 6 nitrogen and oxygen atoms in total. The third kappa shape index (κ3) is 3.22. The predicted octanol–water partition coefficient (Wildman–Crippen LogP) is 3.21. The van der Waals surface area contributed by atoms with Gasteiger partial charge < -0.3 is 10.2 Å². The van der Waals surface area contributed by atoms with Crippen molar-refractivity contribution in [3.63, 3.8) is 0 Å². The third-order valence-corrected chi connectivity index (χ3v) is 3.97. The highest BCUT2D eigenvalue weighted by Gasteiger charge is 2.15. The highest BCUT2D eigenvalue weighted by molar-refractivity contribution is 5.49. The Kier molecular flexibility index (Phi) is 4.46. The lowest BCUT2D eigenvalue weighted by atomic mass is 10.1. The summed E-state index contributed by atoms with van der Waals surface area (Å²) in [6.07, 6.45) is 5.52. The molecule has 0 saturated heterocycles. The summed E-state index contributed by atoms with van der Waals surface area (Å²) < 4.78 is 1.86. The van der Waals surface area contributed by atoms with E-state index in [2.05, 4.69) is 34.2 Å². The van der Waals surface area contributed by atoms with Crippen LogP contribution < -0.4 is 10.2 Å². The van der Waals surface area contributed by atoms with E-state index in [1.54, 1.807) is 6.20 Å². The normalized spacial score (nSPS) is 12.0. The Morgan fingerprint density at radius 1 is 1.08 bits per heavy atom. The molecule has 24 heavy (non-hydrogen) atoms. The summed E-state index contributed by atoms with van der Waals surface area (Å²) in [5.41, 5.74) is 3.20. The van der Waals surface area contributed by atoms with Crippen molar-refractivity contribution in [2.75, 3.05) is 24.3 Å². The standard InChI is InChI=1S/C18H22N6/c1-13(22-15-8-9-17(20-11-15)23(3)4)16-12-21-24(14(16)2)18-7-5-6-10-19-18/h5-13,22H,1-4H3/t13-/m1/s1. The lowest BCUT2D eigenvalue weighted by Crippen LogP contribution is -2.12. The van der Waals surface area contributed by atoms with Crippen LogP contribution in [-0.4, -0.2) is 33.8 Å². The fourth-order valence-corrected chi connectivity index (χ4v) is 2.62. The lowest BCUT2D eigenvalue weighted by Gasteiger charge is -2.16. The number of anilines is 2. The molecule has 0 fully saturated rings. The van der Waals surface area contributed by atoms with Gasteiger partial charge >= 0.3 is 0 Å². The van der Waals surface area contributed by atoms with Crippen LogP contribution in [0.15, 0.2) is 48.9 Å². The summed E-state index contributed by atoms with van der Waals surface area (Å²) >= 11 is 0. The van der Waals surface area contributed by atoms with Crippen LogP contribution in [0.2, 0.25) is 0 Å². The lowest BCUT2D eigenvalue weighted by molar-refractivity contribution is 0.806.